The number of nitrogens with zero attached hydrogens (tertiary/aromatic N) is 1. The number of aliphatic carboxylic acids is 1. The highest BCUT2D eigenvalue weighted by Crippen LogP contribution is 2.38. The molecule has 1 aliphatic heterocycles. The van der Waals surface area contributed by atoms with Gasteiger partial charge in [-0.05, 0) is 6.92 Å². The van der Waals surface area contributed by atoms with Gasteiger partial charge in [0.15, 0.2) is 0 Å². The molecule has 2 heterocycles. The fourth-order valence-corrected chi connectivity index (χ4v) is 2.89. The number of hydrogen-bond donors (Lipinski definition) is 4. The topological polar surface area (TPSA) is 194 Å². The number of H-pyrrole nitrogens is 1. The van der Waals surface area contributed by atoms with Gasteiger partial charge >= 0.3 is 25.5 Å². The average Bonchev–Trinajstić information content (AvgIpc) is 2.96. The van der Waals surface area contributed by atoms with Gasteiger partial charge in [0, 0.05) is 18.2 Å². The fraction of sp³-hybridized carbons (Fsp3) is 0.571. The van der Waals surface area contributed by atoms with Crippen LogP contribution in [0.3, 0.4) is 0 Å². The molecule has 156 valence electrons. The lowest BCUT2D eigenvalue weighted by molar-refractivity contribution is -0.155. The molecular weight excluding hydrogens is 403 g/mol. The van der Waals surface area contributed by atoms with Crippen LogP contribution in [0.25, 0.3) is 0 Å². The van der Waals surface area contributed by atoms with E-state index in [1.54, 1.807) is 0 Å². The summed E-state index contributed by atoms with van der Waals surface area (Å²) in [5.41, 5.74) is -1.15. The summed E-state index contributed by atoms with van der Waals surface area (Å²) in [5, 5.41) is 8.61. The Morgan fingerprint density at radius 3 is 2.64 bits per heavy atom. The van der Waals surface area contributed by atoms with Crippen molar-refractivity contribution in [2.45, 2.75) is 44.6 Å². The lowest BCUT2D eigenvalue weighted by Crippen LogP contribution is -2.33. The minimum Gasteiger partial charge on any atom is -0.481 e. The predicted octanol–water partition coefficient (Wildman–Crippen LogP) is -0.982. The number of carboxylic acids is 1. The van der Waals surface area contributed by atoms with Crippen molar-refractivity contribution in [3.63, 3.8) is 0 Å². The van der Waals surface area contributed by atoms with Crippen LogP contribution in [0.1, 0.15) is 31.1 Å². The standard InChI is InChI=1S/C14H19N2O11P/c1-7-5-16(14(21)15-13(7)20)10-4-8(27-12(19)3-2-11(17)18)9(26-10)6-25-28(22,23)24/h5,8-10H,2-4,6H2,1H3,(H,17,18)(H,15,20,21)(H2,22,23,24)/t8-,9+,10+/m0/s1. The van der Waals surface area contributed by atoms with Crippen LogP contribution in [-0.4, -0.2) is 55.2 Å². The highest BCUT2D eigenvalue weighted by Gasteiger charge is 2.40. The summed E-state index contributed by atoms with van der Waals surface area (Å²) < 4.78 is 27.0. The van der Waals surface area contributed by atoms with Gasteiger partial charge in [0.1, 0.15) is 18.4 Å². The summed E-state index contributed by atoms with van der Waals surface area (Å²) >= 11 is 0. The van der Waals surface area contributed by atoms with Gasteiger partial charge in [0.2, 0.25) is 0 Å². The molecule has 1 aromatic heterocycles. The zero-order valence-electron chi connectivity index (χ0n) is 14.6. The summed E-state index contributed by atoms with van der Waals surface area (Å²) in [6.07, 6.45) is -2.92. The van der Waals surface area contributed by atoms with Crippen molar-refractivity contribution in [2.75, 3.05) is 6.61 Å². The first-order valence-corrected chi connectivity index (χ1v) is 9.58. The fourth-order valence-electron chi connectivity index (χ4n) is 2.55. The molecule has 1 aromatic rings. The molecule has 1 saturated heterocycles. The summed E-state index contributed by atoms with van der Waals surface area (Å²) in [4.78, 5) is 65.6. The molecule has 14 heteroatoms. The van der Waals surface area contributed by atoms with E-state index in [1.165, 1.54) is 13.1 Å². The monoisotopic (exact) mass is 422 g/mol. The van der Waals surface area contributed by atoms with Crippen molar-refractivity contribution in [1.82, 2.24) is 9.55 Å². The Labute approximate surface area is 157 Å². The Hall–Kier alpha value is -2.31. The summed E-state index contributed by atoms with van der Waals surface area (Å²) in [6.45, 7) is 0.816. The summed E-state index contributed by atoms with van der Waals surface area (Å²) in [7, 11) is -4.83. The van der Waals surface area contributed by atoms with Gasteiger partial charge in [0.05, 0.1) is 19.4 Å². The molecular formula is C14H19N2O11P. The Bertz CT molecular complexity index is 901. The van der Waals surface area contributed by atoms with Gasteiger partial charge in [-0.1, -0.05) is 0 Å². The molecule has 0 aliphatic carbocycles. The zero-order chi connectivity index (χ0) is 21.1. The number of nitrogens with one attached hydrogen (secondary N) is 1. The number of carbonyl (C=O) groups is 2. The van der Waals surface area contributed by atoms with Crippen molar-refractivity contribution >= 4 is 19.8 Å². The molecule has 4 N–H and O–H groups in total. The number of phosphoric ester groups is 1. The molecule has 13 nitrogen and oxygen atoms in total. The Morgan fingerprint density at radius 2 is 2.04 bits per heavy atom. The van der Waals surface area contributed by atoms with Gasteiger partial charge in [-0.25, -0.2) is 9.36 Å². The number of aromatic amines is 1. The minimum absolute atomic E-state index is 0.0839. The second-order valence-electron chi connectivity index (χ2n) is 6.05. The highest BCUT2D eigenvalue weighted by molar-refractivity contribution is 7.46. The molecule has 0 aromatic carbocycles. The van der Waals surface area contributed by atoms with Crippen molar-refractivity contribution < 1.29 is 43.0 Å². The number of phosphoric acid groups is 1. The molecule has 0 unspecified atom stereocenters. The van der Waals surface area contributed by atoms with Gasteiger partial charge in [-0.3, -0.25) is 28.5 Å². The number of esters is 1. The second kappa shape index (κ2) is 8.80. The number of carboxylic acid groups (broad SMARTS) is 1. The van der Waals surface area contributed by atoms with Crippen LogP contribution >= 0.6 is 7.82 Å². The normalized spacial score (nSPS) is 22.2. The maximum absolute atomic E-state index is 12.0. The third kappa shape index (κ3) is 6.11. The molecule has 1 fully saturated rings. The van der Waals surface area contributed by atoms with E-state index in [1.807, 2.05) is 0 Å². The van der Waals surface area contributed by atoms with Gasteiger partial charge in [-0.15, -0.1) is 0 Å². The van der Waals surface area contributed by atoms with E-state index in [0.717, 1.165) is 4.57 Å². The third-order valence-electron chi connectivity index (χ3n) is 3.87. The summed E-state index contributed by atoms with van der Waals surface area (Å²) in [6, 6.07) is 0. The Morgan fingerprint density at radius 1 is 1.36 bits per heavy atom. The van der Waals surface area contributed by atoms with E-state index >= 15 is 0 Å². The molecule has 0 saturated carbocycles. The van der Waals surface area contributed by atoms with Crippen molar-refractivity contribution in [3.8, 4) is 0 Å². The van der Waals surface area contributed by atoms with E-state index in [9.17, 15) is 23.7 Å². The van der Waals surface area contributed by atoms with Crippen molar-refractivity contribution in [3.05, 3.63) is 32.6 Å². The number of ether oxygens (including phenoxy) is 2. The highest BCUT2D eigenvalue weighted by atomic mass is 31.2. The Kier molecular flexibility index (Phi) is 6.91. The number of carbonyl (C=O) groups excluding carboxylic acids is 1. The van der Waals surface area contributed by atoms with Gasteiger partial charge < -0.3 is 24.4 Å². The number of rotatable bonds is 8. The lowest BCUT2D eigenvalue weighted by atomic mass is 10.2. The maximum Gasteiger partial charge on any atom is 0.469 e. The first-order valence-electron chi connectivity index (χ1n) is 8.05. The van der Waals surface area contributed by atoms with Crippen LogP contribution in [0.2, 0.25) is 0 Å². The maximum atomic E-state index is 12.0. The van der Waals surface area contributed by atoms with E-state index in [0.29, 0.717) is 0 Å². The first kappa shape index (κ1) is 22.0. The van der Waals surface area contributed by atoms with Gasteiger partial charge in [0.25, 0.3) is 5.56 Å². The average molecular weight is 422 g/mol. The van der Waals surface area contributed by atoms with Crippen LogP contribution in [0.4, 0.5) is 0 Å². The van der Waals surface area contributed by atoms with Crippen LogP contribution in [0.15, 0.2) is 15.8 Å². The van der Waals surface area contributed by atoms with E-state index in [2.05, 4.69) is 9.51 Å². The molecule has 0 amide bonds. The van der Waals surface area contributed by atoms with Gasteiger partial charge in [-0.2, -0.15) is 0 Å². The molecule has 3 atom stereocenters. The first-order chi connectivity index (χ1) is 13.0. The molecule has 2 rings (SSSR count). The minimum atomic E-state index is -4.83. The molecule has 0 radical (unpaired) electrons. The van der Waals surface area contributed by atoms with E-state index < -0.39 is 68.9 Å². The van der Waals surface area contributed by atoms with Crippen LogP contribution in [0.5, 0.6) is 0 Å². The smallest absolute Gasteiger partial charge is 0.469 e. The number of aryl methyl sites for hydroxylation is 1. The largest absolute Gasteiger partial charge is 0.481 e. The summed E-state index contributed by atoms with van der Waals surface area (Å²) in [5.74, 6) is -2.06. The predicted molar refractivity (Wildman–Crippen MR) is 89.3 cm³/mol. The number of aromatic nitrogens is 2. The SMILES string of the molecule is Cc1cn([C@H]2C[C@H](OC(=O)CCC(=O)O)[C@@H](COP(=O)(O)O)O2)c(=O)[nH]c1=O. The van der Waals surface area contributed by atoms with Crippen LogP contribution < -0.4 is 11.2 Å². The quantitative estimate of drug-likeness (QED) is 0.297. The molecule has 0 spiro atoms. The Balaban J connectivity index is 2.18. The second-order valence-corrected chi connectivity index (χ2v) is 7.29. The van der Waals surface area contributed by atoms with Crippen molar-refractivity contribution in [1.29, 1.82) is 0 Å². The van der Waals surface area contributed by atoms with Crippen molar-refractivity contribution in [2.24, 2.45) is 0 Å². The van der Waals surface area contributed by atoms with Crippen LogP contribution in [0, 0.1) is 6.92 Å². The number of hydrogen-bond acceptors (Lipinski definition) is 8. The van der Waals surface area contributed by atoms with E-state index in [4.69, 9.17) is 24.4 Å². The molecule has 1 aliphatic rings. The zero-order valence-corrected chi connectivity index (χ0v) is 15.5. The third-order valence-corrected chi connectivity index (χ3v) is 4.35. The van der Waals surface area contributed by atoms with Crippen LogP contribution in [-0.2, 0) is 28.2 Å². The molecule has 0 bridgehead atoms. The molecule has 28 heavy (non-hydrogen) atoms. The van der Waals surface area contributed by atoms with E-state index in [-0.39, 0.29) is 12.0 Å². The lowest BCUT2D eigenvalue weighted by Gasteiger charge is -2.19.